The van der Waals surface area contributed by atoms with Gasteiger partial charge in [-0.15, -0.1) is 0 Å². The fraction of sp³-hybridized carbons (Fsp3) is 0.455. The number of aromatic nitrogens is 2. The molecule has 5 rings (SSSR count). The number of benzene rings is 1. The monoisotopic (exact) mass is 480 g/mol. The summed E-state index contributed by atoms with van der Waals surface area (Å²) in [6.07, 6.45) is 4.48. The Morgan fingerprint density at radius 3 is 2.56 bits per heavy atom. The Morgan fingerprint density at radius 2 is 1.97 bits per heavy atom. The lowest BCUT2D eigenvalue weighted by molar-refractivity contribution is 0.104. The van der Waals surface area contributed by atoms with Crippen LogP contribution in [0.2, 0.25) is 5.02 Å². The molecule has 0 amide bonds. The Kier molecular flexibility index (Phi) is 5.46. The maximum absolute atomic E-state index is 14.3. The van der Waals surface area contributed by atoms with Gasteiger partial charge >= 0.3 is 5.25 Å². The van der Waals surface area contributed by atoms with Crippen molar-refractivity contribution >= 4 is 39.7 Å². The number of alkyl halides is 2. The third-order valence-electron chi connectivity index (χ3n) is 6.46. The standard InChI is InChI=1S/C22H23ClF2N4O2S/c23-16-4-2-14(3-5-16)15-6-10-29(11-7-15)20-26-17-12-22(24,25)32(31)18(17)19(27-20)28-21(13-30)8-1-9-21/h2-6,30H,1,7-13H2,(H,26,27,28)/t32-/m0/s1. The lowest BCUT2D eigenvalue weighted by Gasteiger charge is -2.41. The van der Waals surface area contributed by atoms with Crippen LogP contribution in [0.4, 0.5) is 20.5 Å². The predicted molar refractivity (Wildman–Crippen MR) is 121 cm³/mol. The Balaban J connectivity index is 1.46. The fourth-order valence-electron chi connectivity index (χ4n) is 4.39. The molecule has 0 saturated heterocycles. The Hall–Kier alpha value is -2.10. The van der Waals surface area contributed by atoms with Gasteiger partial charge in [0.15, 0.2) is 0 Å². The Labute approximate surface area is 192 Å². The fourth-order valence-corrected chi connectivity index (χ4v) is 5.69. The highest BCUT2D eigenvalue weighted by Gasteiger charge is 2.50. The van der Waals surface area contributed by atoms with E-state index in [1.807, 2.05) is 29.2 Å². The summed E-state index contributed by atoms with van der Waals surface area (Å²) in [5, 5.41) is 10.3. The number of rotatable bonds is 5. The molecule has 1 fully saturated rings. The average molecular weight is 481 g/mol. The number of halogens is 3. The maximum atomic E-state index is 14.3. The first kappa shape index (κ1) is 21.7. The smallest absolute Gasteiger partial charge is 0.331 e. The van der Waals surface area contributed by atoms with Crippen molar-refractivity contribution in [1.82, 2.24) is 9.97 Å². The van der Waals surface area contributed by atoms with Crippen molar-refractivity contribution in [3.8, 4) is 0 Å². The van der Waals surface area contributed by atoms with Crippen LogP contribution in [0.1, 0.15) is 36.9 Å². The summed E-state index contributed by atoms with van der Waals surface area (Å²) < 4.78 is 41.0. The summed E-state index contributed by atoms with van der Waals surface area (Å²) in [6, 6.07) is 7.65. The van der Waals surface area contributed by atoms with Gasteiger partial charge in [-0.25, -0.2) is 9.19 Å². The molecule has 6 nitrogen and oxygen atoms in total. The summed E-state index contributed by atoms with van der Waals surface area (Å²) in [5.74, 6) is 0.488. The average Bonchev–Trinajstić information content (AvgIpc) is 2.99. The highest BCUT2D eigenvalue weighted by Crippen LogP contribution is 2.44. The molecule has 2 N–H and O–H groups in total. The van der Waals surface area contributed by atoms with E-state index in [-0.39, 0.29) is 23.0 Å². The Morgan fingerprint density at radius 1 is 1.22 bits per heavy atom. The molecule has 2 aliphatic heterocycles. The van der Waals surface area contributed by atoms with Gasteiger partial charge in [0.2, 0.25) is 5.95 Å². The lowest BCUT2D eigenvalue weighted by Crippen LogP contribution is -2.49. The SMILES string of the molecule is O=[S@]1c2c(nc(N3CC=C(c4ccc(Cl)cc4)CC3)nc2NC2(CO)CCC2)CC1(F)F. The largest absolute Gasteiger partial charge is 0.394 e. The van der Waals surface area contributed by atoms with Crippen LogP contribution >= 0.6 is 11.6 Å². The van der Waals surface area contributed by atoms with Crippen LogP contribution in [0, 0.1) is 0 Å². The van der Waals surface area contributed by atoms with E-state index in [4.69, 9.17) is 11.6 Å². The third kappa shape index (κ3) is 3.80. The molecule has 32 heavy (non-hydrogen) atoms. The summed E-state index contributed by atoms with van der Waals surface area (Å²) in [4.78, 5) is 10.8. The summed E-state index contributed by atoms with van der Waals surface area (Å²) in [6.45, 7) is 1.01. The van der Waals surface area contributed by atoms with Crippen LogP contribution < -0.4 is 10.2 Å². The zero-order valence-electron chi connectivity index (χ0n) is 17.3. The van der Waals surface area contributed by atoms with Crippen molar-refractivity contribution in [3.63, 3.8) is 0 Å². The highest BCUT2D eigenvalue weighted by atomic mass is 35.5. The van der Waals surface area contributed by atoms with Crippen LogP contribution in [-0.2, 0) is 17.2 Å². The summed E-state index contributed by atoms with van der Waals surface area (Å²) >= 11 is 5.98. The molecular weight excluding hydrogens is 458 g/mol. The highest BCUT2D eigenvalue weighted by molar-refractivity contribution is 7.86. The molecule has 1 aliphatic carbocycles. The van der Waals surface area contributed by atoms with Gasteiger partial charge in [-0.1, -0.05) is 29.8 Å². The van der Waals surface area contributed by atoms with E-state index in [2.05, 4.69) is 21.4 Å². The second-order valence-corrected chi connectivity index (χ2v) is 10.6. The molecule has 3 heterocycles. The number of hydrogen-bond acceptors (Lipinski definition) is 6. The van der Waals surface area contributed by atoms with E-state index in [9.17, 15) is 18.1 Å². The molecule has 0 spiro atoms. The van der Waals surface area contributed by atoms with Crippen molar-refractivity contribution in [3.05, 3.63) is 46.6 Å². The number of nitrogens with zero attached hydrogens (tertiary/aromatic N) is 3. The Bertz CT molecular complexity index is 1100. The molecule has 1 saturated carbocycles. The molecule has 10 heteroatoms. The second kappa shape index (κ2) is 8.04. The molecular formula is C22H23ClF2N4O2S. The van der Waals surface area contributed by atoms with E-state index in [0.29, 0.717) is 36.9 Å². The normalized spacial score (nSPS) is 23.3. The van der Waals surface area contributed by atoms with Gasteiger partial charge in [0.1, 0.15) is 21.5 Å². The zero-order chi connectivity index (χ0) is 22.5. The van der Waals surface area contributed by atoms with Crippen LogP contribution in [0.3, 0.4) is 0 Å². The maximum Gasteiger partial charge on any atom is 0.331 e. The number of aliphatic hydroxyl groups is 1. The molecule has 1 aromatic heterocycles. The van der Waals surface area contributed by atoms with Crippen molar-refractivity contribution < 1.29 is 18.1 Å². The van der Waals surface area contributed by atoms with Gasteiger partial charge in [-0.3, -0.25) is 0 Å². The number of anilines is 2. The van der Waals surface area contributed by atoms with Gasteiger partial charge in [0, 0.05) is 18.1 Å². The molecule has 170 valence electrons. The minimum Gasteiger partial charge on any atom is -0.394 e. The van der Waals surface area contributed by atoms with Crippen LogP contribution in [0.5, 0.6) is 0 Å². The van der Waals surface area contributed by atoms with Crippen LogP contribution in [0.15, 0.2) is 35.2 Å². The third-order valence-corrected chi connectivity index (χ3v) is 8.20. The van der Waals surface area contributed by atoms with Crippen LogP contribution in [-0.4, -0.2) is 49.8 Å². The van der Waals surface area contributed by atoms with Gasteiger partial charge in [-0.05, 0) is 49.0 Å². The summed E-state index contributed by atoms with van der Waals surface area (Å²) in [7, 11) is -2.52. The summed E-state index contributed by atoms with van der Waals surface area (Å²) in [5.41, 5.74) is 1.78. The van der Waals surface area contributed by atoms with E-state index in [0.717, 1.165) is 18.4 Å². The number of nitrogens with one attached hydrogen (secondary N) is 1. The van der Waals surface area contributed by atoms with E-state index in [1.165, 1.54) is 5.57 Å². The molecule has 0 radical (unpaired) electrons. The number of fused-ring (bicyclic) bond motifs is 1. The molecule has 1 aromatic carbocycles. The van der Waals surface area contributed by atoms with Gasteiger partial charge in [-0.2, -0.15) is 13.8 Å². The molecule has 0 unspecified atom stereocenters. The van der Waals surface area contributed by atoms with E-state index < -0.39 is 28.0 Å². The second-order valence-electron chi connectivity index (χ2n) is 8.58. The zero-order valence-corrected chi connectivity index (χ0v) is 18.9. The van der Waals surface area contributed by atoms with Gasteiger partial charge in [0.05, 0.1) is 24.3 Å². The van der Waals surface area contributed by atoms with E-state index in [1.54, 1.807) is 0 Å². The first-order chi connectivity index (χ1) is 15.3. The molecule has 0 bridgehead atoms. The van der Waals surface area contributed by atoms with Crippen molar-refractivity contribution in [2.24, 2.45) is 0 Å². The number of aliphatic hydroxyl groups excluding tert-OH is 1. The first-order valence-corrected chi connectivity index (χ1v) is 12.1. The quantitative estimate of drug-likeness (QED) is 0.673. The van der Waals surface area contributed by atoms with Gasteiger partial charge < -0.3 is 15.3 Å². The first-order valence-electron chi connectivity index (χ1n) is 10.6. The predicted octanol–water partition coefficient (Wildman–Crippen LogP) is 4.01. The molecule has 2 aromatic rings. The number of hydrogen-bond donors (Lipinski definition) is 2. The van der Waals surface area contributed by atoms with Crippen molar-refractivity contribution in [1.29, 1.82) is 0 Å². The molecule has 3 aliphatic rings. The topological polar surface area (TPSA) is 78.4 Å². The van der Waals surface area contributed by atoms with Gasteiger partial charge in [0.25, 0.3) is 0 Å². The van der Waals surface area contributed by atoms with Crippen LogP contribution in [0.25, 0.3) is 5.57 Å². The van der Waals surface area contributed by atoms with Crippen molar-refractivity contribution in [2.45, 2.75) is 47.8 Å². The lowest BCUT2D eigenvalue weighted by atomic mass is 9.77. The molecule has 1 atom stereocenters. The minimum absolute atomic E-state index is 0.0344. The minimum atomic E-state index is -3.37. The van der Waals surface area contributed by atoms with E-state index >= 15 is 0 Å². The van der Waals surface area contributed by atoms with Crippen molar-refractivity contribution in [2.75, 3.05) is 29.9 Å².